The molecular weight excluding hydrogens is 432 g/mol. The largest absolute Gasteiger partial charge is 0.351 e. The molecule has 3 rings (SSSR count). The Morgan fingerprint density at radius 3 is 2.86 bits per heavy atom. The number of amides is 1. The fourth-order valence-corrected chi connectivity index (χ4v) is 6.00. The van der Waals surface area contributed by atoms with Gasteiger partial charge in [-0.15, -0.1) is 16.8 Å². The van der Waals surface area contributed by atoms with E-state index >= 15 is 0 Å². The summed E-state index contributed by atoms with van der Waals surface area (Å²) in [6, 6.07) is 7.35. The zero-order valence-electron chi connectivity index (χ0n) is 16.0. The fourth-order valence-electron chi connectivity index (χ4n) is 3.17. The van der Waals surface area contributed by atoms with E-state index in [0.29, 0.717) is 35.5 Å². The molecule has 1 aliphatic rings. The third-order valence-corrected chi connectivity index (χ3v) is 7.93. The topological polar surface area (TPSA) is 93.9 Å². The highest BCUT2D eigenvalue weighted by atomic mass is 35.5. The highest BCUT2D eigenvalue weighted by Crippen LogP contribution is 2.31. The van der Waals surface area contributed by atoms with Crippen molar-refractivity contribution in [1.82, 2.24) is 20.1 Å². The van der Waals surface area contributed by atoms with Gasteiger partial charge in [0.15, 0.2) is 15.0 Å². The molecule has 0 spiro atoms. The summed E-state index contributed by atoms with van der Waals surface area (Å²) in [6.07, 6.45) is 2.25. The molecule has 29 heavy (non-hydrogen) atoms. The van der Waals surface area contributed by atoms with Crippen molar-refractivity contribution in [2.75, 3.05) is 11.5 Å². The van der Waals surface area contributed by atoms with Gasteiger partial charge in [0.05, 0.1) is 16.8 Å². The number of rotatable bonds is 8. The number of sulfone groups is 1. The number of hydrogen-bond donors (Lipinski definition) is 1. The lowest BCUT2D eigenvalue weighted by Crippen LogP contribution is -2.30. The third kappa shape index (κ3) is 5.40. The molecule has 2 heterocycles. The molecule has 1 aromatic heterocycles. The van der Waals surface area contributed by atoms with Crippen LogP contribution < -0.4 is 5.32 Å². The SMILES string of the molecule is C=CCn1c(SC(C)C(=O)NCc2ccccc2Cl)nnc1C1CCS(=O)(=O)C1. The van der Waals surface area contributed by atoms with Gasteiger partial charge in [-0.05, 0) is 25.0 Å². The van der Waals surface area contributed by atoms with Gasteiger partial charge in [0.2, 0.25) is 5.91 Å². The number of allylic oxidation sites excluding steroid dienone is 1. The van der Waals surface area contributed by atoms with Crippen molar-refractivity contribution in [2.24, 2.45) is 0 Å². The number of halogens is 1. The first-order valence-corrected chi connectivity index (χ1v) is 12.3. The van der Waals surface area contributed by atoms with Crippen molar-refractivity contribution in [3.05, 3.63) is 53.3 Å². The Labute approximate surface area is 179 Å². The van der Waals surface area contributed by atoms with Gasteiger partial charge in [0, 0.05) is 24.0 Å². The summed E-state index contributed by atoms with van der Waals surface area (Å²) in [5.41, 5.74) is 0.847. The summed E-state index contributed by atoms with van der Waals surface area (Å²) in [4.78, 5) is 12.5. The van der Waals surface area contributed by atoms with E-state index in [0.717, 1.165) is 5.56 Å². The molecule has 0 radical (unpaired) electrons. The summed E-state index contributed by atoms with van der Waals surface area (Å²) < 4.78 is 25.5. The molecule has 0 saturated carbocycles. The second-order valence-corrected chi connectivity index (χ2v) is 10.9. The van der Waals surface area contributed by atoms with E-state index in [2.05, 4.69) is 22.1 Å². The van der Waals surface area contributed by atoms with Gasteiger partial charge in [-0.3, -0.25) is 4.79 Å². The number of carbonyl (C=O) groups is 1. The first-order valence-electron chi connectivity index (χ1n) is 9.23. The first-order chi connectivity index (χ1) is 13.8. The lowest BCUT2D eigenvalue weighted by atomic mass is 10.1. The quantitative estimate of drug-likeness (QED) is 0.487. The van der Waals surface area contributed by atoms with Crippen LogP contribution in [0.4, 0.5) is 0 Å². The van der Waals surface area contributed by atoms with E-state index in [1.54, 1.807) is 19.1 Å². The highest BCUT2D eigenvalue weighted by molar-refractivity contribution is 8.00. The van der Waals surface area contributed by atoms with Crippen LogP contribution in [0.3, 0.4) is 0 Å². The van der Waals surface area contributed by atoms with Crippen molar-refractivity contribution in [3.8, 4) is 0 Å². The Kier molecular flexibility index (Phi) is 7.02. The number of thioether (sulfide) groups is 1. The molecule has 156 valence electrons. The standard InChI is InChI=1S/C19H23ClN4O3S2/c1-3-9-24-17(15-8-10-29(26,27)12-15)22-23-19(24)28-13(2)18(25)21-11-14-6-4-5-7-16(14)20/h3-7,13,15H,1,8-12H2,2H3,(H,21,25). The predicted octanol–water partition coefficient (Wildman–Crippen LogP) is 2.82. The van der Waals surface area contributed by atoms with Crippen LogP contribution in [0.5, 0.6) is 0 Å². The van der Waals surface area contributed by atoms with E-state index in [9.17, 15) is 13.2 Å². The average Bonchev–Trinajstić information content (AvgIpc) is 3.24. The lowest BCUT2D eigenvalue weighted by Gasteiger charge is -2.14. The Morgan fingerprint density at radius 2 is 2.21 bits per heavy atom. The van der Waals surface area contributed by atoms with Crippen molar-refractivity contribution in [1.29, 1.82) is 0 Å². The molecule has 1 saturated heterocycles. The summed E-state index contributed by atoms with van der Waals surface area (Å²) in [6.45, 7) is 6.35. The maximum atomic E-state index is 12.5. The summed E-state index contributed by atoms with van der Waals surface area (Å²) in [5.74, 6) is 0.569. The van der Waals surface area contributed by atoms with Crippen LogP contribution in [0.15, 0.2) is 42.1 Å². The summed E-state index contributed by atoms with van der Waals surface area (Å²) in [5, 5.41) is 12.1. The number of carbonyl (C=O) groups excluding carboxylic acids is 1. The van der Waals surface area contributed by atoms with Crippen LogP contribution in [0.2, 0.25) is 5.02 Å². The second-order valence-electron chi connectivity index (χ2n) is 6.91. The van der Waals surface area contributed by atoms with Gasteiger partial charge in [-0.1, -0.05) is 47.6 Å². The molecule has 7 nitrogen and oxygen atoms in total. The van der Waals surface area contributed by atoms with Crippen molar-refractivity contribution in [3.63, 3.8) is 0 Å². The molecule has 2 atom stereocenters. The monoisotopic (exact) mass is 454 g/mol. The minimum Gasteiger partial charge on any atom is -0.351 e. The van der Waals surface area contributed by atoms with Crippen LogP contribution in [0, 0.1) is 0 Å². The fraction of sp³-hybridized carbons (Fsp3) is 0.421. The van der Waals surface area contributed by atoms with Gasteiger partial charge in [-0.25, -0.2) is 8.42 Å². The number of hydrogen-bond acceptors (Lipinski definition) is 6. The van der Waals surface area contributed by atoms with Crippen LogP contribution in [-0.4, -0.2) is 45.8 Å². The van der Waals surface area contributed by atoms with Gasteiger partial charge in [0.1, 0.15) is 5.82 Å². The van der Waals surface area contributed by atoms with Crippen LogP contribution in [0.25, 0.3) is 0 Å². The van der Waals surface area contributed by atoms with Crippen molar-refractivity contribution < 1.29 is 13.2 Å². The Balaban J connectivity index is 1.68. The lowest BCUT2D eigenvalue weighted by molar-refractivity contribution is -0.120. The highest BCUT2D eigenvalue weighted by Gasteiger charge is 2.33. The predicted molar refractivity (Wildman–Crippen MR) is 115 cm³/mol. The average molecular weight is 455 g/mol. The van der Waals surface area contributed by atoms with E-state index in [-0.39, 0.29) is 23.3 Å². The number of benzene rings is 1. The zero-order chi connectivity index (χ0) is 21.0. The van der Waals surface area contributed by atoms with Crippen LogP contribution in [0.1, 0.15) is 30.7 Å². The second kappa shape index (κ2) is 9.32. The van der Waals surface area contributed by atoms with Gasteiger partial charge < -0.3 is 9.88 Å². The smallest absolute Gasteiger partial charge is 0.233 e. The maximum Gasteiger partial charge on any atom is 0.233 e. The van der Waals surface area contributed by atoms with Crippen molar-refractivity contribution in [2.45, 2.75) is 42.8 Å². The Hall–Kier alpha value is -1.84. The molecule has 1 amide bonds. The molecule has 1 aromatic carbocycles. The molecule has 1 N–H and O–H groups in total. The Morgan fingerprint density at radius 1 is 1.45 bits per heavy atom. The van der Waals surface area contributed by atoms with Crippen LogP contribution >= 0.6 is 23.4 Å². The number of nitrogens with one attached hydrogen (secondary N) is 1. The normalized spacial score (nSPS) is 19.0. The van der Waals surface area contributed by atoms with E-state index in [1.165, 1.54) is 11.8 Å². The molecule has 0 bridgehead atoms. The molecule has 0 aliphatic carbocycles. The third-order valence-electron chi connectivity index (χ3n) is 4.72. The molecule has 1 aliphatic heterocycles. The van der Waals surface area contributed by atoms with E-state index in [4.69, 9.17) is 11.6 Å². The number of nitrogens with zero attached hydrogens (tertiary/aromatic N) is 3. The first kappa shape index (κ1) is 21.9. The van der Waals surface area contributed by atoms with E-state index in [1.807, 2.05) is 22.8 Å². The summed E-state index contributed by atoms with van der Waals surface area (Å²) in [7, 11) is -3.03. The maximum absolute atomic E-state index is 12.5. The van der Waals surface area contributed by atoms with Gasteiger partial charge in [-0.2, -0.15) is 0 Å². The van der Waals surface area contributed by atoms with Crippen molar-refractivity contribution >= 4 is 39.1 Å². The molecule has 10 heteroatoms. The summed E-state index contributed by atoms with van der Waals surface area (Å²) >= 11 is 7.41. The molecular formula is C19H23ClN4O3S2. The Bertz CT molecular complexity index is 1010. The van der Waals surface area contributed by atoms with Gasteiger partial charge >= 0.3 is 0 Å². The zero-order valence-corrected chi connectivity index (χ0v) is 18.4. The van der Waals surface area contributed by atoms with E-state index < -0.39 is 15.1 Å². The minimum atomic E-state index is -3.03. The molecule has 2 unspecified atom stereocenters. The number of aromatic nitrogens is 3. The van der Waals surface area contributed by atoms with Crippen LogP contribution in [-0.2, 0) is 27.7 Å². The molecule has 2 aromatic rings. The minimum absolute atomic E-state index is 0.0841. The molecule has 1 fully saturated rings. The van der Waals surface area contributed by atoms with Gasteiger partial charge in [0.25, 0.3) is 0 Å².